The Hall–Kier alpha value is -1.40. The van der Waals surface area contributed by atoms with Gasteiger partial charge in [0.1, 0.15) is 0 Å². The molecule has 1 aromatic rings. The lowest BCUT2D eigenvalue weighted by Gasteiger charge is -2.09. The highest BCUT2D eigenvalue weighted by Crippen LogP contribution is 2.25. The van der Waals surface area contributed by atoms with Crippen molar-refractivity contribution in [3.05, 3.63) is 27.7 Å². The molecular formula is C19H29BrN2O3. The minimum Gasteiger partial charge on any atom is -0.462 e. The van der Waals surface area contributed by atoms with Crippen molar-refractivity contribution in [3.8, 4) is 0 Å². The highest BCUT2D eigenvalue weighted by atomic mass is 79.9. The van der Waals surface area contributed by atoms with E-state index in [2.05, 4.69) is 27.8 Å². The number of esters is 1. The summed E-state index contributed by atoms with van der Waals surface area (Å²) < 4.78 is 5.93. The number of carbonyl (C=O) groups excluding carboxylic acids is 1. The molecule has 0 spiro atoms. The molecule has 0 saturated heterocycles. The summed E-state index contributed by atoms with van der Waals surface area (Å²) >= 11 is 3.39. The van der Waals surface area contributed by atoms with Crippen LogP contribution in [0.3, 0.4) is 0 Å². The minimum atomic E-state index is -0.373. The van der Waals surface area contributed by atoms with E-state index in [1.807, 2.05) is 0 Å². The Labute approximate surface area is 158 Å². The second-order valence-electron chi connectivity index (χ2n) is 5.98. The number of ether oxygens (including phenoxy) is 1. The second kappa shape index (κ2) is 12.9. The third-order valence-electron chi connectivity index (χ3n) is 3.80. The molecule has 0 unspecified atom stereocenters. The van der Waals surface area contributed by atoms with Gasteiger partial charge >= 0.3 is 5.97 Å². The smallest absolute Gasteiger partial charge is 0.338 e. The van der Waals surface area contributed by atoms with E-state index in [1.54, 1.807) is 18.3 Å². The summed E-state index contributed by atoms with van der Waals surface area (Å²) in [4.78, 5) is 16.6. The first-order chi connectivity index (χ1) is 12.1. The monoisotopic (exact) mass is 412 g/mol. The molecule has 6 heteroatoms. The summed E-state index contributed by atoms with van der Waals surface area (Å²) in [5, 5.41) is 8.73. The van der Waals surface area contributed by atoms with E-state index in [0.29, 0.717) is 22.3 Å². The number of benzene rings is 1. The number of hydrogen-bond acceptors (Lipinski definition) is 5. The van der Waals surface area contributed by atoms with Crippen LogP contribution in [0.25, 0.3) is 0 Å². The lowest BCUT2D eigenvalue weighted by Crippen LogP contribution is -2.08. The summed E-state index contributed by atoms with van der Waals surface area (Å²) in [6.45, 7) is 3.46. The van der Waals surface area contributed by atoms with Crippen LogP contribution in [0.5, 0.6) is 0 Å². The van der Waals surface area contributed by atoms with Crippen molar-refractivity contribution in [1.82, 2.24) is 0 Å². The number of anilines is 1. The van der Waals surface area contributed by atoms with Gasteiger partial charge in [0.2, 0.25) is 0 Å². The predicted octanol–water partition coefficient (Wildman–Crippen LogP) is 4.35. The van der Waals surface area contributed by atoms with E-state index in [-0.39, 0.29) is 12.6 Å². The van der Waals surface area contributed by atoms with E-state index in [1.165, 1.54) is 19.3 Å². The molecule has 0 aliphatic heterocycles. The number of aliphatic hydroxyl groups is 1. The van der Waals surface area contributed by atoms with Gasteiger partial charge in [-0.2, -0.15) is 0 Å². The molecule has 0 radical (unpaired) electrons. The Morgan fingerprint density at radius 3 is 2.72 bits per heavy atom. The van der Waals surface area contributed by atoms with Gasteiger partial charge < -0.3 is 15.6 Å². The Morgan fingerprint density at radius 2 is 2.00 bits per heavy atom. The Morgan fingerprint density at radius 1 is 1.24 bits per heavy atom. The largest absolute Gasteiger partial charge is 0.462 e. The molecule has 25 heavy (non-hydrogen) atoms. The Bertz CT molecular complexity index is 562. The van der Waals surface area contributed by atoms with Gasteiger partial charge in [-0.1, -0.05) is 26.2 Å². The molecule has 0 aromatic heterocycles. The summed E-state index contributed by atoms with van der Waals surface area (Å²) in [7, 11) is 0. The zero-order valence-corrected chi connectivity index (χ0v) is 16.6. The molecule has 5 nitrogen and oxygen atoms in total. The zero-order valence-electron chi connectivity index (χ0n) is 15.0. The molecule has 0 amide bonds. The van der Waals surface area contributed by atoms with Crippen LogP contribution in [-0.4, -0.2) is 37.0 Å². The number of nitrogens with two attached hydrogens (primary N) is 1. The maximum Gasteiger partial charge on any atom is 0.338 e. The molecule has 1 rings (SSSR count). The molecular weight excluding hydrogens is 384 g/mol. The van der Waals surface area contributed by atoms with Crippen molar-refractivity contribution in [3.63, 3.8) is 0 Å². The quantitative estimate of drug-likeness (QED) is 0.231. The number of halogens is 1. The fourth-order valence-corrected chi connectivity index (χ4v) is 2.77. The maximum atomic E-state index is 12.2. The first kappa shape index (κ1) is 21.6. The molecule has 3 N–H and O–H groups in total. The van der Waals surface area contributed by atoms with Crippen molar-refractivity contribution in [1.29, 1.82) is 0 Å². The topological polar surface area (TPSA) is 84.9 Å². The van der Waals surface area contributed by atoms with Crippen LogP contribution < -0.4 is 5.73 Å². The number of hydrogen-bond donors (Lipinski definition) is 2. The molecule has 0 aliphatic carbocycles. The summed E-state index contributed by atoms with van der Waals surface area (Å²) in [5.74, 6) is -0.373. The fraction of sp³-hybridized carbons (Fsp3) is 0.579. The predicted molar refractivity (Wildman–Crippen MR) is 106 cm³/mol. The van der Waals surface area contributed by atoms with E-state index in [9.17, 15) is 4.79 Å². The summed E-state index contributed by atoms with van der Waals surface area (Å²) in [6.07, 6.45) is 8.70. The summed E-state index contributed by atoms with van der Waals surface area (Å²) in [5.41, 5.74) is 7.80. The average molecular weight is 413 g/mol. The molecule has 0 bridgehead atoms. The number of unbranched alkanes of at least 4 members (excludes halogenated alkanes) is 5. The molecule has 0 saturated carbocycles. The maximum absolute atomic E-state index is 12.2. The van der Waals surface area contributed by atoms with Gasteiger partial charge in [-0.15, -0.1) is 0 Å². The van der Waals surface area contributed by atoms with Crippen LogP contribution in [0.4, 0.5) is 5.69 Å². The van der Waals surface area contributed by atoms with Crippen LogP contribution in [-0.2, 0) is 4.74 Å². The standard InChI is InChI=1S/C19H29BrN2O3/c1-2-3-4-6-9-22-14-16-12-15(13-17(20)18(16)21)19(24)25-11-8-5-7-10-23/h12-14,23H,2-11,21H2,1H3. The van der Waals surface area contributed by atoms with Crippen molar-refractivity contribution in [2.75, 3.05) is 25.5 Å². The van der Waals surface area contributed by atoms with Crippen molar-refractivity contribution >= 4 is 33.8 Å². The SMILES string of the molecule is CCCCCCN=Cc1cc(C(=O)OCCCCCO)cc(Br)c1N. The molecule has 0 aliphatic rings. The van der Waals surface area contributed by atoms with Crippen molar-refractivity contribution < 1.29 is 14.6 Å². The van der Waals surface area contributed by atoms with E-state index < -0.39 is 0 Å². The van der Waals surface area contributed by atoms with Crippen LogP contribution in [0.1, 0.15) is 67.8 Å². The number of nitrogens with zero attached hydrogens (tertiary/aromatic N) is 1. The van der Waals surface area contributed by atoms with E-state index in [4.69, 9.17) is 15.6 Å². The lowest BCUT2D eigenvalue weighted by molar-refractivity contribution is 0.0496. The zero-order chi connectivity index (χ0) is 18.5. The molecule has 0 fully saturated rings. The first-order valence-corrected chi connectivity index (χ1v) is 9.76. The van der Waals surface area contributed by atoms with Gasteiger partial charge in [-0.05, 0) is 53.7 Å². The van der Waals surface area contributed by atoms with Crippen LogP contribution in [0, 0.1) is 0 Å². The van der Waals surface area contributed by atoms with Crippen LogP contribution >= 0.6 is 15.9 Å². The molecule has 0 heterocycles. The van der Waals surface area contributed by atoms with Gasteiger partial charge in [0.15, 0.2) is 0 Å². The number of aliphatic hydroxyl groups excluding tert-OH is 1. The molecule has 0 atom stereocenters. The second-order valence-corrected chi connectivity index (χ2v) is 6.83. The Balaban J connectivity index is 2.62. The fourth-order valence-electron chi connectivity index (χ4n) is 2.30. The lowest BCUT2D eigenvalue weighted by atomic mass is 10.1. The first-order valence-electron chi connectivity index (χ1n) is 8.97. The van der Waals surface area contributed by atoms with E-state index >= 15 is 0 Å². The molecule has 1 aromatic carbocycles. The number of nitrogen functional groups attached to an aromatic ring is 1. The Kier molecular flexibility index (Phi) is 11.2. The van der Waals surface area contributed by atoms with Crippen molar-refractivity contribution in [2.45, 2.75) is 51.9 Å². The average Bonchev–Trinajstić information content (AvgIpc) is 2.60. The number of carbonyl (C=O) groups is 1. The van der Waals surface area contributed by atoms with Crippen LogP contribution in [0.2, 0.25) is 0 Å². The third kappa shape index (κ3) is 8.50. The van der Waals surface area contributed by atoms with Gasteiger partial charge in [-0.3, -0.25) is 4.99 Å². The highest BCUT2D eigenvalue weighted by Gasteiger charge is 2.12. The summed E-state index contributed by atoms with van der Waals surface area (Å²) in [6, 6.07) is 3.38. The van der Waals surface area contributed by atoms with Crippen LogP contribution in [0.15, 0.2) is 21.6 Å². The normalized spacial score (nSPS) is 11.2. The minimum absolute atomic E-state index is 0.167. The van der Waals surface area contributed by atoms with Gasteiger partial charge in [0.05, 0.1) is 17.9 Å². The van der Waals surface area contributed by atoms with Gasteiger partial charge in [-0.25, -0.2) is 4.79 Å². The van der Waals surface area contributed by atoms with Gasteiger partial charge in [0.25, 0.3) is 0 Å². The number of aliphatic imine (C=N–C) groups is 1. The number of rotatable bonds is 12. The highest BCUT2D eigenvalue weighted by molar-refractivity contribution is 9.10. The van der Waals surface area contributed by atoms with E-state index in [0.717, 1.165) is 37.8 Å². The van der Waals surface area contributed by atoms with Gasteiger partial charge in [0, 0.05) is 29.4 Å². The van der Waals surface area contributed by atoms with Crippen molar-refractivity contribution in [2.24, 2.45) is 4.99 Å². The third-order valence-corrected chi connectivity index (χ3v) is 4.46. The molecule has 140 valence electrons.